The minimum absolute atomic E-state index is 0.202. The lowest BCUT2D eigenvalue weighted by Crippen LogP contribution is -2.07. The summed E-state index contributed by atoms with van der Waals surface area (Å²) >= 11 is 0. The number of methoxy groups -OCH3 is 1. The van der Waals surface area contributed by atoms with Crippen LogP contribution in [0.2, 0.25) is 0 Å². The summed E-state index contributed by atoms with van der Waals surface area (Å²) in [5.74, 6) is 0.0355. The molecule has 0 saturated carbocycles. The molecule has 1 aromatic rings. The minimum atomic E-state index is -0.771. The number of hydrogen-bond donors (Lipinski definition) is 0. The fourth-order valence-electron chi connectivity index (χ4n) is 0.977. The van der Waals surface area contributed by atoms with Gasteiger partial charge in [-0.3, -0.25) is 4.79 Å². The molecule has 0 bridgehead atoms. The largest absolute Gasteiger partial charge is 0.513 e. The van der Waals surface area contributed by atoms with Crippen LogP contribution in [0.15, 0.2) is 24.3 Å². The maximum Gasteiger partial charge on any atom is 0.513 e. The third-order valence-corrected chi connectivity index (χ3v) is 1.73. The second-order valence-corrected chi connectivity index (χ2v) is 2.98. The predicted octanol–water partition coefficient (Wildman–Crippen LogP) is 2.92. The summed E-state index contributed by atoms with van der Waals surface area (Å²) in [4.78, 5) is 21.3. The smallest absolute Gasteiger partial charge is 0.461 e. The Kier molecular flexibility index (Phi) is 8.01. The Morgan fingerprint density at radius 1 is 1.11 bits per heavy atom. The first-order chi connectivity index (χ1) is 8.61. The molecule has 0 aliphatic rings. The van der Waals surface area contributed by atoms with E-state index in [9.17, 15) is 9.59 Å². The van der Waals surface area contributed by atoms with Gasteiger partial charge in [-0.05, 0) is 17.7 Å². The molecule has 18 heavy (non-hydrogen) atoms. The van der Waals surface area contributed by atoms with E-state index in [0.717, 1.165) is 5.56 Å². The fraction of sp³-hybridized carbons (Fsp3) is 0.385. The number of ether oxygens (including phenoxy) is 3. The Bertz CT molecular complexity index is 369. The lowest BCUT2D eigenvalue weighted by molar-refractivity contribution is -0.142. The molecule has 0 fully saturated rings. The van der Waals surface area contributed by atoms with Gasteiger partial charge in [0.1, 0.15) is 12.4 Å². The molecular formula is C13H18O5. The molecule has 100 valence electrons. The molecule has 0 amide bonds. The maximum atomic E-state index is 10.8. The van der Waals surface area contributed by atoms with Crippen molar-refractivity contribution in [2.75, 3.05) is 7.11 Å². The summed E-state index contributed by atoms with van der Waals surface area (Å²) in [5, 5.41) is 0. The van der Waals surface area contributed by atoms with E-state index in [1.165, 1.54) is 14.0 Å². The van der Waals surface area contributed by atoms with E-state index in [0.29, 0.717) is 5.75 Å². The van der Waals surface area contributed by atoms with Crippen LogP contribution in [0.25, 0.3) is 0 Å². The molecule has 0 heterocycles. The summed E-state index contributed by atoms with van der Waals surface area (Å²) in [6.07, 6.45) is -0.771. The van der Waals surface area contributed by atoms with Crippen molar-refractivity contribution in [1.29, 1.82) is 0 Å². The first-order valence-corrected chi connectivity index (χ1v) is 5.60. The SMILES string of the molecule is CC.COC(=O)Oc1ccc(COC(C)=O)cc1. The summed E-state index contributed by atoms with van der Waals surface area (Å²) in [7, 11) is 1.23. The van der Waals surface area contributed by atoms with Crippen LogP contribution in [-0.4, -0.2) is 19.2 Å². The molecule has 1 aromatic carbocycles. The van der Waals surface area contributed by atoms with E-state index in [1.807, 2.05) is 13.8 Å². The zero-order chi connectivity index (χ0) is 14.0. The summed E-state index contributed by atoms with van der Waals surface area (Å²) in [5.41, 5.74) is 0.812. The Hall–Kier alpha value is -2.04. The number of rotatable bonds is 3. The average Bonchev–Trinajstić information content (AvgIpc) is 2.40. The van der Waals surface area contributed by atoms with Crippen molar-refractivity contribution < 1.29 is 23.8 Å². The van der Waals surface area contributed by atoms with Crippen LogP contribution in [0.3, 0.4) is 0 Å². The van der Waals surface area contributed by atoms with Gasteiger partial charge in [0.25, 0.3) is 0 Å². The second-order valence-electron chi connectivity index (χ2n) is 2.98. The van der Waals surface area contributed by atoms with Gasteiger partial charge >= 0.3 is 12.1 Å². The predicted molar refractivity (Wildman–Crippen MR) is 66.3 cm³/mol. The quantitative estimate of drug-likeness (QED) is 0.613. The number of benzene rings is 1. The Morgan fingerprint density at radius 3 is 2.11 bits per heavy atom. The van der Waals surface area contributed by atoms with Crippen molar-refractivity contribution in [1.82, 2.24) is 0 Å². The fourth-order valence-corrected chi connectivity index (χ4v) is 0.977. The monoisotopic (exact) mass is 254 g/mol. The van der Waals surface area contributed by atoms with E-state index in [4.69, 9.17) is 9.47 Å². The van der Waals surface area contributed by atoms with E-state index < -0.39 is 6.16 Å². The van der Waals surface area contributed by atoms with Gasteiger partial charge in [0.05, 0.1) is 7.11 Å². The van der Waals surface area contributed by atoms with E-state index in [-0.39, 0.29) is 12.6 Å². The van der Waals surface area contributed by atoms with Crippen LogP contribution in [0.5, 0.6) is 5.75 Å². The van der Waals surface area contributed by atoms with E-state index in [2.05, 4.69) is 4.74 Å². The number of hydrogen-bond acceptors (Lipinski definition) is 5. The third kappa shape index (κ3) is 6.52. The number of esters is 1. The van der Waals surface area contributed by atoms with Gasteiger partial charge in [0.15, 0.2) is 0 Å². The number of carbonyl (C=O) groups excluding carboxylic acids is 2. The zero-order valence-corrected chi connectivity index (χ0v) is 11.1. The molecule has 1 rings (SSSR count). The topological polar surface area (TPSA) is 61.8 Å². The van der Waals surface area contributed by atoms with Crippen LogP contribution < -0.4 is 4.74 Å². The van der Waals surface area contributed by atoms with Crippen molar-refractivity contribution in [2.45, 2.75) is 27.4 Å². The molecule has 0 unspecified atom stereocenters. The lowest BCUT2D eigenvalue weighted by Gasteiger charge is -2.04. The molecule has 0 aliphatic heterocycles. The minimum Gasteiger partial charge on any atom is -0.461 e. The van der Waals surface area contributed by atoms with Crippen LogP contribution in [0.4, 0.5) is 4.79 Å². The average molecular weight is 254 g/mol. The highest BCUT2D eigenvalue weighted by atomic mass is 16.7. The molecule has 0 atom stereocenters. The molecular weight excluding hydrogens is 236 g/mol. The van der Waals surface area contributed by atoms with Gasteiger partial charge in [-0.1, -0.05) is 26.0 Å². The Balaban J connectivity index is 0.00000137. The molecule has 0 aliphatic carbocycles. The second kappa shape index (κ2) is 9.04. The highest BCUT2D eigenvalue weighted by Crippen LogP contribution is 2.13. The maximum absolute atomic E-state index is 10.8. The van der Waals surface area contributed by atoms with Gasteiger partial charge < -0.3 is 14.2 Å². The molecule has 0 spiro atoms. The molecule has 0 aromatic heterocycles. The van der Waals surface area contributed by atoms with Gasteiger partial charge in [0, 0.05) is 6.92 Å². The van der Waals surface area contributed by atoms with E-state index >= 15 is 0 Å². The van der Waals surface area contributed by atoms with Gasteiger partial charge in [0.2, 0.25) is 0 Å². The van der Waals surface area contributed by atoms with Crippen molar-refractivity contribution >= 4 is 12.1 Å². The van der Waals surface area contributed by atoms with E-state index in [1.54, 1.807) is 24.3 Å². The molecule has 5 nitrogen and oxygen atoms in total. The number of carbonyl (C=O) groups is 2. The Labute approximate surface area is 107 Å². The molecule has 0 radical (unpaired) electrons. The third-order valence-electron chi connectivity index (χ3n) is 1.73. The lowest BCUT2D eigenvalue weighted by atomic mass is 10.2. The Morgan fingerprint density at radius 2 is 1.67 bits per heavy atom. The molecule has 0 saturated heterocycles. The van der Waals surface area contributed by atoms with Gasteiger partial charge in [-0.2, -0.15) is 0 Å². The standard InChI is InChI=1S/C11H12O5.C2H6/c1-8(12)15-7-9-3-5-10(6-4-9)16-11(13)14-2;1-2/h3-6H,7H2,1-2H3;1-2H3. The van der Waals surface area contributed by atoms with Gasteiger partial charge in [-0.15, -0.1) is 0 Å². The van der Waals surface area contributed by atoms with Crippen molar-refractivity contribution in [2.24, 2.45) is 0 Å². The normalized spacial score (nSPS) is 8.67. The molecule has 5 heteroatoms. The van der Waals surface area contributed by atoms with Crippen molar-refractivity contribution in [3.8, 4) is 5.75 Å². The first-order valence-electron chi connectivity index (χ1n) is 5.60. The summed E-state index contributed by atoms with van der Waals surface area (Å²) in [6.45, 7) is 5.54. The van der Waals surface area contributed by atoms with Gasteiger partial charge in [-0.25, -0.2) is 4.79 Å². The van der Waals surface area contributed by atoms with Crippen molar-refractivity contribution in [3.05, 3.63) is 29.8 Å². The van der Waals surface area contributed by atoms with Crippen LogP contribution in [-0.2, 0) is 20.9 Å². The summed E-state index contributed by atoms with van der Waals surface area (Å²) < 4.78 is 13.9. The highest BCUT2D eigenvalue weighted by Gasteiger charge is 2.03. The highest BCUT2D eigenvalue weighted by molar-refractivity contribution is 5.66. The van der Waals surface area contributed by atoms with Crippen LogP contribution >= 0.6 is 0 Å². The van der Waals surface area contributed by atoms with Crippen LogP contribution in [0, 0.1) is 0 Å². The zero-order valence-electron chi connectivity index (χ0n) is 11.1. The summed E-state index contributed by atoms with van der Waals surface area (Å²) in [6, 6.07) is 6.58. The first kappa shape index (κ1) is 16.0. The molecule has 0 N–H and O–H groups in total. The van der Waals surface area contributed by atoms with Crippen molar-refractivity contribution in [3.63, 3.8) is 0 Å². The van der Waals surface area contributed by atoms with Crippen LogP contribution in [0.1, 0.15) is 26.3 Å².